The van der Waals surface area contributed by atoms with E-state index in [-0.39, 0.29) is 15.6 Å². The first-order chi connectivity index (χ1) is 16.2. The van der Waals surface area contributed by atoms with Gasteiger partial charge < -0.3 is 15.1 Å². The standard InChI is InChI=1S/C24H19N3O5S2/c1-15-13-22(28)32-21-14-18(9-12-20(15)21)26-24(33)25-17-7-10-19(11-8-17)34(30,31)27-23(29)16-5-3-2-4-6-16/h2-14H,1H3,(H,27,29)(H2,25,26,33). The molecule has 0 saturated carbocycles. The molecule has 3 N–H and O–H groups in total. The number of benzene rings is 3. The van der Waals surface area contributed by atoms with Crippen molar-refractivity contribution in [2.24, 2.45) is 0 Å². The van der Waals surface area contributed by atoms with Gasteiger partial charge in [0.1, 0.15) is 5.58 Å². The smallest absolute Gasteiger partial charge is 0.336 e. The van der Waals surface area contributed by atoms with E-state index in [1.165, 1.54) is 42.5 Å². The molecule has 0 aliphatic rings. The minimum atomic E-state index is -4.04. The molecule has 4 aromatic rings. The van der Waals surface area contributed by atoms with Crippen LogP contribution in [-0.4, -0.2) is 19.4 Å². The molecule has 0 atom stereocenters. The van der Waals surface area contributed by atoms with Gasteiger partial charge in [0.05, 0.1) is 4.90 Å². The molecule has 1 heterocycles. The van der Waals surface area contributed by atoms with Gasteiger partial charge in [-0.05, 0) is 73.2 Å². The van der Waals surface area contributed by atoms with Crippen molar-refractivity contribution < 1.29 is 17.6 Å². The van der Waals surface area contributed by atoms with Crippen LogP contribution in [0, 0.1) is 6.92 Å². The Balaban J connectivity index is 1.42. The number of rotatable bonds is 5. The molecule has 0 aliphatic carbocycles. The normalized spacial score (nSPS) is 11.1. The molecule has 4 rings (SSSR count). The van der Waals surface area contributed by atoms with E-state index in [0.717, 1.165) is 10.9 Å². The van der Waals surface area contributed by atoms with Gasteiger partial charge in [-0.1, -0.05) is 18.2 Å². The number of anilines is 2. The number of amides is 1. The highest BCUT2D eigenvalue weighted by atomic mass is 32.2. The van der Waals surface area contributed by atoms with E-state index in [1.54, 1.807) is 30.3 Å². The number of sulfonamides is 1. The largest absolute Gasteiger partial charge is 0.423 e. The quantitative estimate of drug-likeness (QED) is 0.282. The van der Waals surface area contributed by atoms with Crippen LogP contribution >= 0.6 is 12.2 Å². The third-order valence-electron chi connectivity index (χ3n) is 4.89. The molecule has 34 heavy (non-hydrogen) atoms. The van der Waals surface area contributed by atoms with Crippen LogP contribution in [0.3, 0.4) is 0 Å². The van der Waals surface area contributed by atoms with Crippen molar-refractivity contribution in [2.45, 2.75) is 11.8 Å². The van der Waals surface area contributed by atoms with E-state index in [4.69, 9.17) is 16.6 Å². The van der Waals surface area contributed by atoms with Crippen molar-refractivity contribution in [1.29, 1.82) is 0 Å². The highest BCUT2D eigenvalue weighted by Crippen LogP contribution is 2.21. The summed E-state index contributed by atoms with van der Waals surface area (Å²) in [6.07, 6.45) is 0. The second-order valence-electron chi connectivity index (χ2n) is 7.36. The van der Waals surface area contributed by atoms with Crippen LogP contribution in [0.4, 0.5) is 11.4 Å². The van der Waals surface area contributed by atoms with Gasteiger partial charge in [-0.15, -0.1) is 0 Å². The Hall–Kier alpha value is -4.02. The number of nitrogens with one attached hydrogen (secondary N) is 3. The summed E-state index contributed by atoms with van der Waals surface area (Å²) in [6.45, 7) is 1.83. The minimum Gasteiger partial charge on any atom is -0.423 e. The van der Waals surface area contributed by atoms with E-state index in [0.29, 0.717) is 17.0 Å². The number of carbonyl (C=O) groups excluding carboxylic acids is 1. The zero-order chi connectivity index (χ0) is 24.3. The number of hydrogen-bond donors (Lipinski definition) is 3. The van der Waals surface area contributed by atoms with E-state index in [9.17, 15) is 18.0 Å². The van der Waals surface area contributed by atoms with Gasteiger partial charge in [0.2, 0.25) is 0 Å². The summed E-state index contributed by atoms with van der Waals surface area (Å²) in [7, 11) is -4.04. The van der Waals surface area contributed by atoms with Gasteiger partial charge in [0.25, 0.3) is 15.9 Å². The van der Waals surface area contributed by atoms with E-state index in [2.05, 4.69) is 10.6 Å². The first-order valence-corrected chi connectivity index (χ1v) is 12.0. The fourth-order valence-electron chi connectivity index (χ4n) is 3.24. The average molecular weight is 494 g/mol. The van der Waals surface area contributed by atoms with Crippen molar-refractivity contribution in [3.05, 3.63) is 100 Å². The van der Waals surface area contributed by atoms with Gasteiger partial charge in [-0.25, -0.2) is 17.9 Å². The molecule has 172 valence electrons. The number of thiocarbonyl (C=S) groups is 1. The minimum absolute atomic E-state index is 0.0684. The maximum atomic E-state index is 12.5. The topological polar surface area (TPSA) is 118 Å². The van der Waals surface area contributed by atoms with Gasteiger partial charge in [-0.3, -0.25) is 4.79 Å². The monoisotopic (exact) mass is 493 g/mol. The average Bonchev–Trinajstić information content (AvgIpc) is 2.79. The van der Waals surface area contributed by atoms with Gasteiger partial charge in [0.15, 0.2) is 5.11 Å². The fraction of sp³-hybridized carbons (Fsp3) is 0.0417. The van der Waals surface area contributed by atoms with Crippen LogP contribution in [-0.2, 0) is 10.0 Å². The molecule has 0 aliphatic heterocycles. The molecule has 1 amide bonds. The van der Waals surface area contributed by atoms with Crippen molar-refractivity contribution >= 4 is 55.6 Å². The Morgan fingerprint density at radius 3 is 2.24 bits per heavy atom. The van der Waals surface area contributed by atoms with Crippen LogP contribution < -0.4 is 21.0 Å². The van der Waals surface area contributed by atoms with Crippen molar-refractivity contribution in [1.82, 2.24) is 4.72 Å². The van der Waals surface area contributed by atoms with Crippen molar-refractivity contribution in [3.8, 4) is 0 Å². The van der Waals surface area contributed by atoms with Gasteiger partial charge >= 0.3 is 5.63 Å². The molecule has 3 aromatic carbocycles. The maximum Gasteiger partial charge on any atom is 0.336 e. The summed E-state index contributed by atoms with van der Waals surface area (Å²) >= 11 is 5.32. The summed E-state index contributed by atoms with van der Waals surface area (Å²) in [5, 5.41) is 7.02. The SMILES string of the molecule is Cc1cc(=O)oc2cc(NC(=S)Nc3ccc(S(=O)(=O)NC(=O)c4ccccc4)cc3)ccc12. The summed E-state index contributed by atoms with van der Waals surface area (Å²) in [5.74, 6) is -0.713. The molecular weight excluding hydrogens is 474 g/mol. The second kappa shape index (κ2) is 9.46. The fourth-order valence-corrected chi connectivity index (χ4v) is 4.45. The first-order valence-electron chi connectivity index (χ1n) is 10.1. The molecule has 0 spiro atoms. The number of hydrogen-bond acceptors (Lipinski definition) is 6. The lowest BCUT2D eigenvalue weighted by Gasteiger charge is -2.12. The van der Waals surface area contributed by atoms with Crippen LogP contribution in [0.1, 0.15) is 15.9 Å². The number of aryl methyl sites for hydroxylation is 1. The third kappa shape index (κ3) is 5.30. The molecule has 0 radical (unpaired) electrons. The molecule has 10 heteroatoms. The summed E-state index contributed by atoms with van der Waals surface area (Å²) < 4.78 is 32.3. The predicted octanol–water partition coefficient (Wildman–Crippen LogP) is 4.03. The number of carbonyl (C=O) groups is 1. The summed E-state index contributed by atoms with van der Waals surface area (Å²) in [5.41, 5.74) is 2.20. The Bertz CT molecular complexity index is 1550. The van der Waals surface area contributed by atoms with Crippen LogP contribution in [0.5, 0.6) is 0 Å². The van der Waals surface area contributed by atoms with Crippen molar-refractivity contribution in [3.63, 3.8) is 0 Å². The summed E-state index contributed by atoms with van der Waals surface area (Å²) in [6, 6.07) is 20.6. The molecule has 1 aromatic heterocycles. The van der Waals surface area contributed by atoms with E-state index >= 15 is 0 Å². The number of fused-ring (bicyclic) bond motifs is 1. The Kier molecular flexibility index (Phi) is 6.44. The Morgan fingerprint density at radius 1 is 0.882 bits per heavy atom. The van der Waals surface area contributed by atoms with E-state index < -0.39 is 21.6 Å². The molecule has 0 unspecified atom stereocenters. The Labute approximate surface area is 200 Å². The molecule has 0 fully saturated rings. The lowest BCUT2D eigenvalue weighted by atomic mass is 10.1. The molecule has 0 saturated heterocycles. The third-order valence-corrected chi connectivity index (χ3v) is 6.45. The molecular formula is C24H19N3O5S2. The van der Waals surface area contributed by atoms with Crippen molar-refractivity contribution in [2.75, 3.05) is 10.6 Å². The zero-order valence-electron chi connectivity index (χ0n) is 17.9. The highest BCUT2D eigenvalue weighted by Gasteiger charge is 2.18. The summed E-state index contributed by atoms with van der Waals surface area (Å²) in [4.78, 5) is 23.7. The zero-order valence-corrected chi connectivity index (χ0v) is 19.5. The second-order valence-corrected chi connectivity index (χ2v) is 9.45. The van der Waals surface area contributed by atoms with Gasteiger partial charge in [0, 0.05) is 34.5 Å². The lowest BCUT2D eigenvalue weighted by molar-refractivity contribution is 0.0981. The van der Waals surface area contributed by atoms with Crippen LogP contribution in [0.25, 0.3) is 11.0 Å². The van der Waals surface area contributed by atoms with Crippen LogP contribution in [0.2, 0.25) is 0 Å². The van der Waals surface area contributed by atoms with Crippen LogP contribution in [0.15, 0.2) is 93.0 Å². The lowest BCUT2D eigenvalue weighted by Crippen LogP contribution is -2.30. The Morgan fingerprint density at radius 2 is 1.53 bits per heavy atom. The predicted molar refractivity (Wildman–Crippen MR) is 135 cm³/mol. The first kappa shape index (κ1) is 23.1. The highest BCUT2D eigenvalue weighted by molar-refractivity contribution is 7.90. The molecule has 8 nitrogen and oxygen atoms in total. The van der Waals surface area contributed by atoms with E-state index in [1.807, 2.05) is 17.7 Å². The maximum absolute atomic E-state index is 12.5. The van der Waals surface area contributed by atoms with Gasteiger partial charge in [-0.2, -0.15) is 0 Å². The molecule has 0 bridgehead atoms.